The zero-order valence-corrected chi connectivity index (χ0v) is 36.5. The Kier molecular flexibility index (Phi) is 12.4. The van der Waals surface area contributed by atoms with Crippen molar-refractivity contribution in [2.75, 3.05) is 26.7 Å². The number of hydrogen-bond donors (Lipinski definition) is 1. The number of piperidine rings is 1. The van der Waals surface area contributed by atoms with E-state index in [1.54, 1.807) is 25.3 Å². The van der Waals surface area contributed by atoms with Crippen LogP contribution in [0, 0.1) is 29.6 Å². The van der Waals surface area contributed by atoms with E-state index in [0.717, 1.165) is 30.4 Å². The lowest BCUT2D eigenvalue weighted by molar-refractivity contribution is -0.148. The van der Waals surface area contributed by atoms with Crippen molar-refractivity contribution in [2.24, 2.45) is 22.7 Å². The molecule has 0 spiro atoms. The van der Waals surface area contributed by atoms with Crippen molar-refractivity contribution in [1.82, 2.24) is 19.5 Å². The smallest absolute Gasteiger partial charge is 0.264 e. The lowest BCUT2D eigenvalue weighted by atomic mass is 9.77. The van der Waals surface area contributed by atoms with Gasteiger partial charge in [0.25, 0.3) is 10.0 Å². The van der Waals surface area contributed by atoms with E-state index < -0.39 is 56.5 Å². The lowest BCUT2D eigenvalue weighted by Crippen LogP contribution is -2.49. The molecular weight excluding hydrogens is 793 g/mol. The van der Waals surface area contributed by atoms with Gasteiger partial charge in [0.2, 0.25) is 17.7 Å². The molecule has 13 heteroatoms. The summed E-state index contributed by atoms with van der Waals surface area (Å²) in [6, 6.07) is 22.2. The van der Waals surface area contributed by atoms with Crippen molar-refractivity contribution in [3.8, 4) is 22.8 Å². The number of aryl methyl sites for hydroxylation is 1. The second kappa shape index (κ2) is 17.4. The molecule has 1 N–H and O–H groups in total. The van der Waals surface area contributed by atoms with Crippen LogP contribution in [0.25, 0.3) is 22.2 Å². The zero-order valence-electron chi connectivity index (χ0n) is 35.7. The molecule has 0 bridgehead atoms. The average molecular weight is 849 g/mol. The Hall–Kier alpha value is -5.56. The van der Waals surface area contributed by atoms with Crippen LogP contribution in [0.2, 0.25) is 0 Å². The highest BCUT2D eigenvalue weighted by Crippen LogP contribution is 2.57. The number of fused-ring (bicyclic) bond motifs is 1. The van der Waals surface area contributed by atoms with E-state index in [9.17, 15) is 27.6 Å². The Labute approximate surface area is 358 Å². The first-order valence-electron chi connectivity index (χ1n) is 21.1. The predicted octanol–water partition coefficient (Wildman–Crippen LogP) is 7.29. The monoisotopic (exact) mass is 848 g/mol. The maximum atomic E-state index is 15.0. The number of rotatable bonds is 14. The number of Topliss-reactive ketones (excluding diaryl/α,β-unsaturated/α-hetero) is 1. The minimum Gasteiger partial charge on any atom is -0.497 e. The van der Waals surface area contributed by atoms with Gasteiger partial charge in [-0.25, -0.2) is 18.1 Å². The van der Waals surface area contributed by atoms with Crippen molar-refractivity contribution >= 4 is 44.4 Å². The SMILES string of the molecule is C=C[C@@H]1C[C@]1(CC(=O)[C@@H]1C[C@@H](Oc2cc(-c3ccccc3)nc3cc(OC)ccc23)CN1C(=O)[C@@H](CC(=O)N1CCCCC1)C(C)(C)C)C(=O)NS(=O)(=O)c1ccc(C)cc1. The van der Waals surface area contributed by atoms with Gasteiger partial charge < -0.3 is 19.3 Å². The molecule has 2 aliphatic heterocycles. The Bertz CT molecular complexity index is 2430. The summed E-state index contributed by atoms with van der Waals surface area (Å²) in [7, 11) is -2.66. The van der Waals surface area contributed by atoms with E-state index in [2.05, 4.69) is 11.3 Å². The molecular formula is C48H56N4O8S. The van der Waals surface area contributed by atoms with Crippen molar-refractivity contribution in [1.29, 1.82) is 0 Å². The Balaban J connectivity index is 1.21. The quantitative estimate of drug-likeness (QED) is 0.129. The molecule has 12 nitrogen and oxygen atoms in total. The van der Waals surface area contributed by atoms with Crippen LogP contribution < -0.4 is 14.2 Å². The maximum absolute atomic E-state index is 15.0. The summed E-state index contributed by atoms with van der Waals surface area (Å²) in [5, 5.41) is 0.713. The highest BCUT2D eigenvalue weighted by Gasteiger charge is 2.61. The molecule has 5 atom stereocenters. The zero-order chi connectivity index (χ0) is 43.7. The summed E-state index contributed by atoms with van der Waals surface area (Å²) in [4.78, 5) is 65.8. The van der Waals surface area contributed by atoms with E-state index >= 15 is 0 Å². The number of pyridine rings is 1. The molecule has 1 saturated carbocycles. The molecule has 1 aliphatic carbocycles. The number of amides is 3. The van der Waals surface area contributed by atoms with Crippen LogP contribution in [0.15, 0.2) is 96.4 Å². The number of ether oxygens (including phenoxy) is 2. The van der Waals surface area contributed by atoms with Crippen LogP contribution in [-0.4, -0.2) is 85.6 Å². The number of nitrogens with one attached hydrogen (secondary N) is 1. The van der Waals surface area contributed by atoms with Gasteiger partial charge in [-0.3, -0.25) is 19.2 Å². The normalized spacial score (nSPS) is 22.0. The van der Waals surface area contributed by atoms with Gasteiger partial charge in [0.05, 0.1) is 47.1 Å². The van der Waals surface area contributed by atoms with Gasteiger partial charge in [0.1, 0.15) is 17.6 Å². The van der Waals surface area contributed by atoms with E-state index in [0.29, 0.717) is 41.2 Å². The maximum Gasteiger partial charge on any atom is 0.264 e. The van der Waals surface area contributed by atoms with Crippen molar-refractivity contribution in [3.05, 3.63) is 97.1 Å². The number of benzene rings is 3. The minimum absolute atomic E-state index is 0.00964. The predicted molar refractivity (Wildman–Crippen MR) is 233 cm³/mol. The second-order valence-electron chi connectivity index (χ2n) is 17.9. The molecule has 3 heterocycles. The number of methoxy groups -OCH3 is 1. The van der Waals surface area contributed by atoms with Gasteiger partial charge in [-0.2, -0.15) is 0 Å². The summed E-state index contributed by atoms with van der Waals surface area (Å²) in [6.07, 6.45) is 3.81. The largest absolute Gasteiger partial charge is 0.497 e. The Morgan fingerprint density at radius 2 is 1.69 bits per heavy atom. The number of aromatic nitrogens is 1. The molecule has 4 aromatic rings. The first kappa shape index (κ1) is 43.5. The van der Waals surface area contributed by atoms with Crippen LogP contribution in [0.1, 0.15) is 71.3 Å². The summed E-state index contributed by atoms with van der Waals surface area (Å²) in [5.74, 6) is -1.69. The van der Waals surface area contributed by atoms with E-state index in [4.69, 9.17) is 14.5 Å². The first-order valence-corrected chi connectivity index (χ1v) is 22.6. The van der Waals surface area contributed by atoms with Crippen molar-refractivity contribution in [3.63, 3.8) is 0 Å². The number of carbonyl (C=O) groups excluding carboxylic acids is 4. The standard InChI is InChI=1S/C48H56N4O8S/c1-7-33-28-48(33,46(56)50-61(57,58)36-19-16-31(2)17-20-36)29-42(53)41-25-35(30-52(41)45(55)38(47(3,4)5)26-44(54)51-22-12-9-13-23-51)60-43-27-39(32-14-10-8-11-15-32)49-40-24-34(59-6)18-21-37(40)43/h7-8,10-11,14-21,24,27,33,35,38,41H,1,9,12-13,22-23,25-26,28-30H2,2-6H3,(H,50,56)/t33-,35-,38-,41+,48-/m1/s1. The molecule has 322 valence electrons. The number of ketones is 1. The van der Waals surface area contributed by atoms with E-state index in [-0.39, 0.29) is 48.9 Å². The van der Waals surface area contributed by atoms with Crippen LogP contribution in [-0.2, 0) is 29.2 Å². The van der Waals surface area contributed by atoms with Gasteiger partial charge in [-0.15, -0.1) is 6.58 Å². The molecule has 7 rings (SSSR count). The third kappa shape index (κ3) is 9.36. The lowest BCUT2D eigenvalue weighted by Gasteiger charge is -2.36. The van der Waals surface area contributed by atoms with Crippen LogP contribution in [0.4, 0.5) is 0 Å². The molecule has 3 aliphatic rings. The van der Waals surface area contributed by atoms with Gasteiger partial charge in [0, 0.05) is 55.4 Å². The average Bonchev–Trinajstić information content (AvgIpc) is 3.81. The summed E-state index contributed by atoms with van der Waals surface area (Å²) in [6.45, 7) is 12.8. The van der Waals surface area contributed by atoms with Crippen LogP contribution >= 0.6 is 0 Å². The molecule has 2 saturated heterocycles. The number of nitrogens with zero attached hydrogens (tertiary/aromatic N) is 3. The number of hydrogen-bond acceptors (Lipinski definition) is 9. The third-order valence-electron chi connectivity index (χ3n) is 12.6. The Morgan fingerprint density at radius 1 is 0.984 bits per heavy atom. The minimum atomic E-state index is -4.25. The second-order valence-corrected chi connectivity index (χ2v) is 19.6. The highest BCUT2D eigenvalue weighted by molar-refractivity contribution is 7.90. The molecule has 3 amide bonds. The fourth-order valence-corrected chi connectivity index (χ4v) is 9.86. The van der Waals surface area contributed by atoms with Gasteiger partial charge in [-0.1, -0.05) is 74.9 Å². The summed E-state index contributed by atoms with van der Waals surface area (Å²) >= 11 is 0. The molecule has 3 aromatic carbocycles. The molecule has 1 aromatic heterocycles. The first-order chi connectivity index (χ1) is 29.0. The van der Waals surface area contributed by atoms with Crippen LogP contribution in [0.3, 0.4) is 0 Å². The number of carbonyl (C=O) groups is 4. The highest BCUT2D eigenvalue weighted by atomic mass is 32.2. The number of allylic oxidation sites excluding steroid dienone is 1. The fraction of sp³-hybridized carbons (Fsp3) is 0.438. The Morgan fingerprint density at radius 3 is 2.33 bits per heavy atom. The number of sulfonamides is 1. The third-order valence-corrected chi connectivity index (χ3v) is 14.0. The van der Waals surface area contributed by atoms with Gasteiger partial charge in [-0.05, 0) is 68.2 Å². The van der Waals surface area contributed by atoms with Gasteiger partial charge >= 0.3 is 0 Å². The van der Waals surface area contributed by atoms with Gasteiger partial charge in [0.15, 0.2) is 5.78 Å². The molecule has 3 fully saturated rings. The van der Waals surface area contributed by atoms with Crippen LogP contribution in [0.5, 0.6) is 11.5 Å². The van der Waals surface area contributed by atoms with E-state index in [1.807, 2.05) is 87.2 Å². The van der Waals surface area contributed by atoms with Crippen molar-refractivity contribution < 1.29 is 37.1 Å². The fourth-order valence-electron chi connectivity index (χ4n) is 8.80. The summed E-state index contributed by atoms with van der Waals surface area (Å²) < 4.78 is 41.3. The topological polar surface area (TPSA) is 152 Å². The summed E-state index contributed by atoms with van der Waals surface area (Å²) in [5.41, 5.74) is 1.01. The van der Waals surface area contributed by atoms with Crippen molar-refractivity contribution in [2.45, 2.75) is 89.7 Å². The number of likely N-dealkylation sites (tertiary alicyclic amines) is 2. The molecule has 61 heavy (non-hydrogen) atoms. The molecule has 0 unspecified atom stereocenters. The molecule has 0 radical (unpaired) electrons. The van der Waals surface area contributed by atoms with E-state index in [1.165, 1.54) is 17.0 Å².